The quantitative estimate of drug-likeness (QED) is 0.387. The van der Waals surface area contributed by atoms with Crippen LogP contribution in [0.2, 0.25) is 0 Å². The second-order valence-electron chi connectivity index (χ2n) is 6.59. The van der Waals surface area contributed by atoms with E-state index in [2.05, 4.69) is 5.10 Å². The highest BCUT2D eigenvalue weighted by Gasteiger charge is 2.12. The fraction of sp³-hybridized carbons (Fsp3) is 0.217. The molecular weight excluding hydrogens is 390 g/mol. The number of nitrogens with zero attached hydrogens (tertiary/aromatic N) is 2. The van der Waals surface area contributed by atoms with Crippen LogP contribution in [0.5, 0.6) is 11.5 Å². The number of halogens is 2. The van der Waals surface area contributed by atoms with Crippen LogP contribution >= 0.6 is 0 Å². The lowest BCUT2D eigenvalue weighted by molar-refractivity contribution is 0.104. The van der Waals surface area contributed by atoms with Crippen molar-refractivity contribution in [1.82, 2.24) is 9.78 Å². The number of methoxy groups -OCH3 is 1. The van der Waals surface area contributed by atoms with Gasteiger partial charge in [0.15, 0.2) is 17.3 Å². The van der Waals surface area contributed by atoms with Crippen molar-refractivity contribution in [1.29, 1.82) is 0 Å². The molecule has 0 N–H and O–H groups in total. The van der Waals surface area contributed by atoms with Crippen LogP contribution in [0.4, 0.5) is 8.78 Å². The highest BCUT2D eigenvalue weighted by molar-refractivity contribution is 6.07. The molecule has 1 heterocycles. The fourth-order valence-electron chi connectivity index (χ4n) is 3.03. The molecule has 0 saturated heterocycles. The smallest absolute Gasteiger partial charge is 0.189 e. The van der Waals surface area contributed by atoms with Crippen molar-refractivity contribution in [3.63, 3.8) is 0 Å². The summed E-state index contributed by atoms with van der Waals surface area (Å²) in [6, 6.07) is 8.45. The zero-order valence-corrected chi connectivity index (χ0v) is 17.0. The first-order chi connectivity index (χ1) is 14.4. The molecule has 0 spiro atoms. The Kier molecular flexibility index (Phi) is 6.61. The Labute approximate surface area is 173 Å². The molecule has 0 saturated carbocycles. The molecule has 0 bridgehead atoms. The lowest BCUT2D eigenvalue weighted by Gasteiger charge is -2.12. The standard InChI is InChI=1S/C23H22F2N2O3/c1-4-27-15(2)19(13-26-27)21(28)8-5-16-6-9-22(29-3)17(11-16)14-30-23-10-7-18(24)12-20(23)25/h5-13H,4,14H2,1-3H3/b8-5+. The fourth-order valence-corrected chi connectivity index (χ4v) is 3.03. The average molecular weight is 412 g/mol. The monoisotopic (exact) mass is 412 g/mol. The second-order valence-corrected chi connectivity index (χ2v) is 6.59. The van der Waals surface area contributed by atoms with E-state index in [4.69, 9.17) is 9.47 Å². The molecule has 0 unspecified atom stereocenters. The number of hydrogen-bond donors (Lipinski definition) is 0. The van der Waals surface area contributed by atoms with Crippen molar-refractivity contribution in [2.24, 2.45) is 0 Å². The Bertz CT molecular complexity index is 1090. The maximum absolute atomic E-state index is 13.8. The number of allylic oxidation sites excluding steroid dienone is 1. The van der Waals surface area contributed by atoms with Crippen LogP contribution in [-0.4, -0.2) is 22.7 Å². The minimum Gasteiger partial charge on any atom is -0.496 e. The van der Waals surface area contributed by atoms with Gasteiger partial charge in [0.2, 0.25) is 0 Å². The number of aromatic nitrogens is 2. The minimum absolute atomic E-state index is 0.0176. The van der Waals surface area contributed by atoms with Crippen LogP contribution in [0.1, 0.15) is 34.1 Å². The van der Waals surface area contributed by atoms with Crippen molar-refractivity contribution in [2.75, 3.05) is 7.11 Å². The summed E-state index contributed by atoms with van der Waals surface area (Å²) < 4.78 is 39.4. The number of benzene rings is 2. The van der Waals surface area contributed by atoms with Gasteiger partial charge >= 0.3 is 0 Å². The predicted octanol–water partition coefficient (Wildman–Crippen LogP) is 4.97. The molecule has 7 heteroatoms. The Balaban J connectivity index is 1.77. The van der Waals surface area contributed by atoms with Crippen LogP contribution in [0.25, 0.3) is 6.08 Å². The molecule has 0 aliphatic carbocycles. The third-order valence-electron chi connectivity index (χ3n) is 4.68. The van der Waals surface area contributed by atoms with E-state index in [1.807, 2.05) is 13.8 Å². The predicted molar refractivity (Wildman–Crippen MR) is 110 cm³/mol. The minimum atomic E-state index is -0.779. The number of aryl methyl sites for hydroxylation is 1. The zero-order valence-electron chi connectivity index (χ0n) is 17.0. The number of hydrogen-bond acceptors (Lipinski definition) is 4. The Morgan fingerprint density at radius 3 is 2.60 bits per heavy atom. The lowest BCUT2D eigenvalue weighted by Crippen LogP contribution is -2.02. The van der Waals surface area contributed by atoms with E-state index < -0.39 is 11.6 Å². The summed E-state index contributed by atoms with van der Waals surface area (Å²) >= 11 is 0. The average Bonchev–Trinajstić information content (AvgIpc) is 3.12. The van der Waals surface area contributed by atoms with Crippen molar-refractivity contribution < 1.29 is 23.0 Å². The molecular formula is C23H22F2N2O3. The van der Waals surface area contributed by atoms with E-state index >= 15 is 0 Å². The summed E-state index contributed by atoms with van der Waals surface area (Å²) in [6.45, 7) is 4.53. The van der Waals surface area contributed by atoms with Gasteiger partial charge in [-0.3, -0.25) is 9.48 Å². The Hall–Kier alpha value is -3.48. The molecule has 3 aromatic rings. The number of ketones is 1. The number of ether oxygens (including phenoxy) is 2. The molecule has 0 atom stereocenters. The van der Waals surface area contributed by atoms with Gasteiger partial charge in [0.25, 0.3) is 0 Å². The first-order valence-corrected chi connectivity index (χ1v) is 9.42. The van der Waals surface area contributed by atoms with Crippen molar-refractivity contribution >= 4 is 11.9 Å². The van der Waals surface area contributed by atoms with Gasteiger partial charge in [0.1, 0.15) is 18.2 Å². The molecule has 0 aliphatic heterocycles. The molecule has 0 amide bonds. The van der Waals surface area contributed by atoms with E-state index in [-0.39, 0.29) is 18.1 Å². The molecule has 1 aromatic heterocycles. The van der Waals surface area contributed by atoms with E-state index in [0.29, 0.717) is 23.4 Å². The van der Waals surface area contributed by atoms with Crippen molar-refractivity contribution in [3.05, 3.63) is 82.7 Å². The third-order valence-corrected chi connectivity index (χ3v) is 4.68. The summed E-state index contributed by atoms with van der Waals surface area (Å²) in [6.07, 6.45) is 4.73. The zero-order chi connectivity index (χ0) is 21.7. The molecule has 2 aromatic carbocycles. The van der Waals surface area contributed by atoms with Crippen LogP contribution in [0.3, 0.4) is 0 Å². The van der Waals surface area contributed by atoms with E-state index in [9.17, 15) is 13.6 Å². The van der Waals surface area contributed by atoms with Gasteiger partial charge in [-0.2, -0.15) is 5.10 Å². The maximum atomic E-state index is 13.8. The summed E-state index contributed by atoms with van der Waals surface area (Å²) in [5.74, 6) is -1.10. The number of rotatable bonds is 8. The van der Waals surface area contributed by atoms with E-state index in [1.54, 1.807) is 35.2 Å². The first kappa shape index (κ1) is 21.2. The Morgan fingerprint density at radius 2 is 1.93 bits per heavy atom. The van der Waals surface area contributed by atoms with Gasteiger partial charge in [-0.15, -0.1) is 0 Å². The molecule has 30 heavy (non-hydrogen) atoms. The Morgan fingerprint density at radius 1 is 1.17 bits per heavy atom. The van der Waals surface area contributed by atoms with E-state index in [1.165, 1.54) is 19.3 Å². The normalized spacial score (nSPS) is 11.1. The SMILES string of the molecule is CCn1ncc(C(=O)/C=C/c2ccc(OC)c(COc3ccc(F)cc3F)c2)c1C. The summed E-state index contributed by atoms with van der Waals surface area (Å²) in [5.41, 5.74) is 2.78. The van der Waals surface area contributed by atoms with Gasteiger partial charge < -0.3 is 9.47 Å². The number of carbonyl (C=O) groups is 1. The van der Waals surface area contributed by atoms with Crippen LogP contribution in [0, 0.1) is 18.6 Å². The largest absolute Gasteiger partial charge is 0.496 e. The number of carbonyl (C=O) groups excluding carboxylic acids is 1. The van der Waals surface area contributed by atoms with Gasteiger partial charge in [-0.25, -0.2) is 8.78 Å². The van der Waals surface area contributed by atoms with Gasteiger partial charge in [-0.1, -0.05) is 12.1 Å². The topological polar surface area (TPSA) is 53.4 Å². The maximum Gasteiger partial charge on any atom is 0.189 e. The summed E-state index contributed by atoms with van der Waals surface area (Å²) in [5, 5.41) is 4.19. The van der Waals surface area contributed by atoms with E-state index in [0.717, 1.165) is 23.4 Å². The van der Waals surface area contributed by atoms with Crippen LogP contribution in [0.15, 0.2) is 48.7 Å². The highest BCUT2D eigenvalue weighted by Crippen LogP contribution is 2.25. The van der Waals surface area contributed by atoms with Crippen LogP contribution < -0.4 is 9.47 Å². The molecule has 3 rings (SSSR count). The second kappa shape index (κ2) is 9.35. The highest BCUT2D eigenvalue weighted by atomic mass is 19.1. The van der Waals surface area contributed by atoms with Crippen molar-refractivity contribution in [3.8, 4) is 11.5 Å². The van der Waals surface area contributed by atoms with Crippen molar-refractivity contribution in [2.45, 2.75) is 27.0 Å². The molecule has 0 radical (unpaired) electrons. The molecule has 0 aliphatic rings. The molecule has 0 fully saturated rings. The van der Waals surface area contributed by atoms with Gasteiger partial charge in [0.05, 0.1) is 18.9 Å². The van der Waals surface area contributed by atoms with Crippen LogP contribution in [-0.2, 0) is 13.2 Å². The van der Waals surface area contributed by atoms with Gasteiger partial charge in [-0.05, 0) is 49.8 Å². The lowest BCUT2D eigenvalue weighted by atomic mass is 10.1. The molecule has 5 nitrogen and oxygen atoms in total. The van der Waals surface area contributed by atoms with Gasteiger partial charge in [0, 0.05) is 23.9 Å². The molecule has 156 valence electrons. The first-order valence-electron chi connectivity index (χ1n) is 9.42. The summed E-state index contributed by atoms with van der Waals surface area (Å²) in [4.78, 5) is 12.5. The summed E-state index contributed by atoms with van der Waals surface area (Å²) in [7, 11) is 1.52. The third kappa shape index (κ3) is 4.74.